The van der Waals surface area contributed by atoms with Crippen LogP contribution in [-0.4, -0.2) is 33.0 Å². The summed E-state index contributed by atoms with van der Waals surface area (Å²) in [7, 11) is 0. The molecule has 2 bridgehead atoms. The highest BCUT2D eigenvalue weighted by Gasteiger charge is 2.67. The predicted octanol–water partition coefficient (Wildman–Crippen LogP) is 1.02. The zero-order valence-corrected chi connectivity index (χ0v) is 12.2. The third-order valence-corrected chi connectivity index (χ3v) is 5.61. The van der Waals surface area contributed by atoms with Gasteiger partial charge in [-0.3, -0.25) is 9.59 Å². The van der Waals surface area contributed by atoms with Gasteiger partial charge in [0.1, 0.15) is 11.2 Å². The summed E-state index contributed by atoms with van der Waals surface area (Å²) in [5.41, 5.74) is -3.46. The van der Waals surface area contributed by atoms with E-state index in [4.69, 9.17) is 0 Å². The average molecular weight is 276 g/mol. The molecule has 4 rings (SSSR count). The summed E-state index contributed by atoms with van der Waals surface area (Å²) in [5.74, 6) is -1.80. The minimum atomic E-state index is -1.55. The molecule has 4 aliphatic carbocycles. The Morgan fingerprint density at radius 1 is 1.05 bits per heavy atom. The van der Waals surface area contributed by atoms with Gasteiger partial charge < -0.3 is 10.2 Å². The molecule has 6 atom stereocenters. The van der Waals surface area contributed by atoms with E-state index in [2.05, 4.69) is 0 Å². The van der Waals surface area contributed by atoms with Crippen LogP contribution in [0.15, 0.2) is 23.8 Å². The fourth-order valence-electron chi connectivity index (χ4n) is 4.46. The molecule has 0 spiro atoms. The first-order chi connectivity index (χ1) is 9.04. The first-order valence-electron chi connectivity index (χ1n) is 6.97. The van der Waals surface area contributed by atoms with Gasteiger partial charge in [-0.1, -0.05) is 18.2 Å². The fourth-order valence-corrected chi connectivity index (χ4v) is 4.46. The van der Waals surface area contributed by atoms with Crippen molar-refractivity contribution < 1.29 is 19.8 Å². The number of carbonyl (C=O) groups excluding carboxylic acids is 2. The van der Waals surface area contributed by atoms with E-state index in [1.807, 2.05) is 6.08 Å². The van der Waals surface area contributed by atoms with Gasteiger partial charge >= 0.3 is 0 Å². The second-order valence-electron chi connectivity index (χ2n) is 7.02. The highest BCUT2D eigenvalue weighted by atomic mass is 16.3. The third kappa shape index (κ3) is 1.29. The maximum atomic E-state index is 12.6. The molecular weight excluding hydrogens is 256 g/mol. The van der Waals surface area contributed by atoms with Gasteiger partial charge in [-0.05, 0) is 33.3 Å². The van der Waals surface area contributed by atoms with Crippen molar-refractivity contribution in [1.29, 1.82) is 0 Å². The maximum absolute atomic E-state index is 12.6. The number of Topliss-reactive ketones (excluding diaryl/α,β-unsaturated/α-hetero) is 2. The molecule has 20 heavy (non-hydrogen) atoms. The number of allylic oxidation sites excluding steroid dienone is 2. The van der Waals surface area contributed by atoms with Gasteiger partial charge in [-0.15, -0.1) is 0 Å². The van der Waals surface area contributed by atoms with Crippen molar-refractivity contribution in [3.8, 4) is 0 Å². The van der Waals surface area contributed by atoms with Crippen LogP contribution in [0.2, 0.25) is 0 Å². The van der Waals surface area contributed by atoms with E-state index in [0.29, 0.717) is 5.57 Å². The van der Waals surface area contributed by atoms with Crippen LogP contribution in [0, 0.1) is 23.2 Å². The Labute approximate surface area is 118 Å². The molecule has 108 valence electrons. The molecule has 0 heterocycles. The highest BCUT2D eigenvalue weighted by Crippen LogP contribution is 2.59. The Balaban J connectivity index is 2.27. The van der Waals surface area contributed by atoms with Crippen molar-refractivity contribution in [3.63, 3.8) is 0 Å². The topological polar surface area (TPSA) is 74.6 Å². The van der Waals surface area contributed by atoms with Crippen molar-refractivity contribution >= 4 is 11.6 Å². The summed E-state index contributed by atoms with van der Waals surface area (Å²) in [6.45, 7) is 6.44. The lowest BCUT2D eigenvalue weighted by molar-refractivity contribution is -0.185. The van der Waals surface area contributed by atoms with Crippen LogP contribution in [0.3, 0.4) is 0 Å². The predicted molar refractivity (Wildman–Crippen MR) is 72.7 cm³/mol. The van der Waals surface area contributed by atoms with Crippen molar-refractivity contribution in [2.45, 2.75) is 38.9 Å². The van der Waals surface area contributed by atoms with E-state index in [0.717, 1.165) is 0 Å². The Hall–Kier alpha value is -1.26. The first-order valence-corrected chi connectivity index (χ1v) is 6.97. The van der Waals surface area contributed by atoms with Gasteiger partial charge in [0.25, 0.3) is 0 Å². The van der Waals surface area contributed by atoms with E-state index in [1.165, 1.54) is 13.8 Å². The van der Waals surface area contributed by atoms with Crippen LogP contribution in [0.5, 0.6) is 0 Å². The molecule has 4 nitrogen and oxygen atoms in total. The van der Waals surface area contributed by atoms with Gasteiger partial charge in [-0.2, -0.15) is 0 Å². The SMILES string of the molecule is CC1=C[C@H]2[C@@H]([C@@H]3C=C[C@]2(C)C(=O)[C@@]3(C)O)[C@@](C)(O)C1=O. The summed E-state index contributed by atoms with van der Waals surface area (Å²) in [4.78, 5) is 24.9. The smallest absolute Gasteiger partial charge is 0.189 e. The van der Waals surface area contributed by atoms with Gasteiger partial charge in [-0.25, -0.2) is 0 Å². The summed E-state index contributed by atoms with van der Waals surface area (Å²) in [6.07, 6.45) is 5.42. The first kappa shape index (κ1) is 13.7. The number of hydrogen-bond donors (Lipinski definition) is 2. The molecule has 0 saturated heterocycles. The summed E-state index contributed by atoms with van der Waals surface area (Å²) >= 11 is 0. The fraction of sp³-hybridized carbons (Fsp3) is 0.625. The molecule has 0 amide bonds. The van der Waals surface area contributed by atoms with Gasteiger partial charge in [0.15, 0.2) is 11.6 Å². The number of carbonyl (C=O) groups is 2. The van der Waals surface area contributed by atoms with Crippen LogP contribution in [0.25, 0.3) is 0 Å². The molecule has 1 fully saturated rings. The zero-order chi connectivity index (χ0) is 15.1. The summed E-state index contributed by atoms with van der Waals surface area (Å²) in [6, 6.07) is 0. The molecule has 0 unspecified atom stereocenters. The minimum absolute atomic E-state index is 0.229. The molecule has 4 heteroatoms. The van der Waals surface area contributed by atoms with Crippen molar-refractivity contribution in [2.24, 2.45) is 23.2 Å². The molecule has 2 N–H and O–H groups in total. The molecule has 4 aliphatic rings. The normalized spacial score (nSPS) is 53.9. The lowest BCUT2D eigenvalue weighted by Crippen LogP contribution is -2.69. The van der Waals surface area contributed by atoms with E-state index in [1.54, 1.807) is 26.0 Å². The Morgan fingerprint density at radius 2 is 1.65 bits per heavy atom. The lowest BCUT2D eigenvalue weighted by atomic mass is 9.44. The van der Waals surface area contributed by atoms with Crippen molar-refractivity contribution in [1.82, 2.24) is 0 Å². The van der Waals surface area contributed by atoms with E-state index in [9.17, 15) is 19.8 Å². The van der Waals surface area contributed by atoms with E-state index in [-0.39, 0.29) is 17.5 Å². The van der Waals surface area contributed by atoms with E-state index >= 15 is 0 Å². The lowest BCUT2D eigenvalue weighted by Gasteiger charge is -2.59. The number of ketones is 2. The van der Waals surface area contributed by atoms with Crippen LogP contribution in [-0.2, 0) is 9.59 Å². The maximum Gasteiger partial charge on any atom is 0.189 e. The molecule has 0 aromatic carbocycles. The standard InChI is InChI=1S/C16H20O4/c1-8-7-10-11(16(4,20)12(8)17)9-5-6-14(10,2)13(18)15(9,3)19/h5-7,9-11,19-20H,1-4H3/t9-,10-,11+,14-,15-,16+/m0/s1. The summed E-state index contributed by atoms with van der Waals surface area (Å²) < 4.78 is 0. The number of fused-ring (bicyclic) bond motifs is 1. The largest absolute Gasteiger partial charge is 0.382 e. The highest BCUT2D eigenvalue weighted by molar-refractivity contribution is 6.04. The quantitative estimate of drug-likeness (QED) is 0.648. The molecule has 0 aromatic rings. The number of hydrogen-bond acceptors (Lipinski definition) is 4. The second-order valence-corrected chi connectivity index (χ2v) is 7.02. The molecule has 0 aromatic heterocycles. The molecule has 0 aliphatic heterocycles. The Bertz CT molecular complexity index is 581. The van der Waals surface area contributed by atoms with Crippen LogP contribution in [0.4, 0.5) is 0 Å². The minimum Gasteiger partial charge on any atom is -0.382 e. The third-order valence-electron chi connectivity index (χ3n) is 5.61. The molecular formula is C16H20O4. The molecule has 1 saturated carbocycles. The second kappa shape index (κ2) is 3.49. The number of aliphatic hydroxyl groups is 2. The van der Waals surface area contributed by atoms with Gasteiger partial charge in [0.05, 0.1) is 5.41 Å². The molecule has 0 radical (unpaired) electrons. The van der Waals surface area contributed by atoms with Crippen LogP contribution in [0.1, 0.15) is 27.7 Å². The Kier molecular flexibility index (Phi) is 2.39. The van der Waals surface area contributed by atoms with E-state index < -0.39 is 28.5 Å². The summed E-state index contributed by atoms with van der Waals surface area (Å²) in [5, 5.41) is 21.3. The number of rotatable bonds is 0. The van der Waals surface area contributed by atoms with Crippen molar-refractivity contribution in [3.05, 3.63) is 23.8 Å². The van der Waals surface area contributed by atoms with Gasteiger partial charge in [0.2, 0.25) is 0 Å². The zero-order valence-electron chi connectivity index (χ0n) is 12.2. The van der Waals surface area contributed by atoms with Crippen LogP contribution >= 0.6 is 0 Å². The average Bonchev–Trinajstić information content (AvgIpc) is 2.35. The monoisotopic (exact) mass is 276 g/mol. The Morgan fingerprint density at radius 3 is 2.25 bits per heavy atom. The van der Waals surface area contributed by atoms with Gasteiger partial charge in [0, 0.05) is 17.8 Å². The van der Waals surface area contributed by atoms with Crippen LogP contribution < -0.4 is 0 Å². The van der Waals surface area contributed by atoms with Crippen molar-refractivity contribution in [2.75, 3.05) is 0 Å².